The second kappa shape index (κ2) is 11.8. The fourth-order valence-corrected chi connectivity index (χ4v) is 3.99. The Bertz CT molecular complexity index is 920. The van der Waals surface area contributed by atoms with Crippen LogP contribution in [-0.2, 0) is 9.59 Å². The van der Waals surface area contributed by atoms with Crippen LogP contribution in [0.1, 0.15) is 17.5 Å². The molecule has 3 N–H and O–H groups in total. The molecule has 1 heterocycles. The van der Waals surface area contributed by atoms with E-state index in [0.717, 1.165) is 48.7 Å². The fourth-order valence-electron chi connectivity index (χ4n) is 3.99. The lowest BCUT2D eigenvalue weighted by Gasteiger charge is -2.35. The zero-order chi connectivity index (χ0) is 23.8. The Balaban J connectivity index is 1.37. The Kier molecular flexibility index (Phi) is 8.82. The maximum absolute atomic E-state index is 12.5. The van der Waals surface area contributed by atoms with Crippen LogP contribution in [0, 0.1) is 13.8 Å². The van der Waals surface area contributed by atoms with Gasteiger partial charge in [0.25, 0.3) is 0 Å². The van der Waals surface area contributed by atoms with E-state index in [9.17, 15) is 14.7 Å². The number of piperazine rings is 1. The highest BCUT2D eigenvalue weighted by atomic mass is 16.5. The largest absolute Gasteiger partial charge is 0.497 e. The van der Waals surface area contributed by atoms with Crippen LogP contribution in [-0.4, -0.2) is 79.2 Å². The molecule has 2 aromatic rings. The van der Waals surface area contributed by atoms with Gasteiger partial charge in [-0.3, -0.25) is 19.4 Å². The smallest absolute Gasteiger partial charge is 0.238 e. The van der Waals surface area contributed by atoms with Gasteiger partial charge in [-0.15, -0.1) is 0 Å². The lowest BCUT2D eigenvalue weighted by Crippen LogP contribution is -2.50. The second-order valence-corrected chi connectivity index (χ2v) is 8.53. The molecule has 0 spiro atoms. The minimum atomic E-state index is -0.748. The van der Waals surface area contributed by atoms with Gasteiger partial charge in [-0.1, -0.05) is 18.2 Å². The molecule has 2 aromatic carbocycles. The van der Waals surface area contributed by atoms with E-state index in [1.165, 1.54) is 0 Å². The molecule has 0 bridgehead atoms. The Labute approximate surface area is 195 Å². The van der Waals surface area contributed by atoms with Crippen molar-refractivity contribution in [3.63, 3.8) is 0 Å². The number of aliphatic hydroxyl groups excluding tert-OH is 1. The summed E-state index contributed by atoms with van der Waals surface area (Å²) in [4.78, 5) is 29.0. The molecule has 178 valence electrons. The summed E-state index contributed by atoms with van der Waals surface area (Å²) < 4.78 is 5.10. The van der Waals surface area contributed by atoms with Crippen molar-refractivity contribution in [1.82, 2.24) is 9.80 Å². The first-order chi connectivity index (χ1) is 15.8. The number of hydrogen-bond donors (Lipinski definition) is 3. The molecular formula is C25H34N4O4. The first kappa shape index (κ1) is 24.7. The van der Waals surface area contributed by atoms with Crippen molar-refractivity contribution in [3.05, 3.63) is 53.6 Å². The second-order valence-electron chi connectivity index (χ2n) is 8.53. The molecule has 0 radical (unpaired) electrons. The maximum atomic E-state index is 12.5. The highest BCUT2D eigenvalue weighted by molar-refractivity contribution is 5.93. The van der Waals surface area contributed by atoms with E-state index in [1.807, 2.05) is 32.0 Å². The highest BCUT2D eigenvalue weighted by Gasteiger charge is 2.22. The summed E-state index contributed by atoms with van der Waals surface area (Å²) in [7, 11) is 1.59. The first-order valence-corrected chi connectivity index (χ1v) is 11.3. The van der Waals surface area contributed by atoms with Gasteiger partial charge in [-0.05, 0) is 49.2 Å². The number of carbonyl (C=O) groups is 2. The Morgan fingerprint density at radius 1 is 0.939 bits per heavy atom. The Hall–Kier alpha value is -2.94. The first-order valence-electron chi connectivity index (χ1n) is 11.3. The van der Waals surface area contributed by atoms with Gasteiger partial charge in [-0.25, -0.2) is 0 Å². The zero-order valence-electron chi connectivity index (χ0n) is 19.6. The molecule has 3 rings (SSSR count). The number of methoxy groups -OCH3 is 1. The average molecular weight is 455 g/mol. The van der Waals surface area contributed by atoms with E-state index < -0.39 is 6.10 Å². The molecule has 0 aliphatic carbocycles. The van der Waals surface area contributed by atoms with Crippen LogP contribution in [0.3, 0.4) is 0 Å². The number of para-hydroxylation sites is 1. The van der Waals surface area contributed by atoms with Crippen LogP contribution >= 0.6 is 0 Å². The number of aliphatic hydroxyl groups is 1. The number of hydrogen-bond acceptors (Lipinski definition) is 6. The van der Waals surface area contributed by atoms with Gasteiger partial charge in [-0.2, -0.15) is 0 Å². The number of nitrogens with zero attached hydrogens (tertiary/aromatic N) is 2. The normalized spacial score (nSPS) is 15.6. The molecule has 1 atom stereocenters. The lowest BCUT2D eigenvalue weighted by atomic mass is 10.1. The molecule has 1 aliphatic rings. The van der Waals surface area contributed by atoms with Crippen molar-refractivity contribution in [1.29, 1.82) is 0 Å². The molecular weight excluding hydrogens is 420 g/mol. The highest BCUT2D eigenvalue weighted by Crippen LogP contribution is 2.19. The van der Waals surface area contributed by atoms with Gasteiger partial charge in [0, 0.05) is 44.1 Å². The van der Waals surface area contributed by atoms with Gasteiger partial charge in [0.15, 0.2) is 0 Å². The van der Waals surface area contributed by atoms with Gasteiger partial charge < -0.3 is 20.5 Å². The molecule has 33 heavy (non-hydrogen) atoms. The molecule has 8 heteroatoms. The number of anilines is 2. The Morgan fingerprint density at radius 2 is 1.55 bits per heavy atom. The molecule has 0 saturated carbocycles. The standard InChI is InChI=1S/C25H34N4O4/c1-18-5-4-6-19(2)25(18)27-24(32)17-29-13-11-28(12-14-29)16-21(30)15-23(31)26-20-7-9-22(33-3)10-8-20/h4-10,21,30H,11-17H2,1-3H3,(H,26,31)(H,27,32). The lowest BCUT2D eigenvalue weighted by molar-refractivity contribution is -0.119. The summed E-state index contributed by atoms with van der Waals surface area (Å²) in [5.41, 5.74) is 3.66. The van der Waals surface area contributed by atoms with E-state index in [4.69, 9.17) is 4.74 Å². The third-order valence-electron chi connectivity index (χ3n) is 5.84. The third-order valence-corrected chi connectivity index (χ3v) is 5.84. The van der Waals surface area contributed by atoms with Crippen molar-refractivity contribution in [2.75, 3.05) is 57.0 Å². The zero-order valence-corrected chi connectivity index (χ0v) is 19.6. The summed E-state index contributed by atoms with van der Waals surface area (Å²) >= 11 is 0. The van der Waals surface area contributed by atoms with Crippen LogP contribution in [0.4, 0.5) is 11.4 Å². The van der Waals surface area contributed by atoms with Crippen LogP contribution < -0.4 is 15.4 Å². The number of amides is 2. The summed E-state index contributed by atoms with van der Waals surface area (Å²) in [5, 5.41) is 16.2. The van der Waals surface area contributed by atoms with Crippen molar-refractivity contribution in [2.45, 2.75) is 26.4 Å². The van der Waals surface area contributed by atoms with E-state index in [0.29, 0.717) is 18.8 Å². The molecule has 0 aromatic heterocycles. The van der Waals surface area contributed by atoms with Gasteiger partial charge in [0.2, 0.25) is 11.8 Å². The monoisotopic (exact) mass is 454 g/mol. The number of benzene rings is 2. The number of carbonyl (C=O) groups excluding carboxylic acids is 2. The van der Waals surface area contributed by atoms with E-state index in [-0.39, 0.29) is 18.2 Å². The van der Waals surface area contributed by atoms with Crippen molar-refractivity contribution in [2.24, 2.45) is 0 Å². The van der Waals surface area contributed by atoms with E-state index in [1.54, 1.807) is 31.4 Å². The molecule has 1 aliphatic heterocycles. The predicted molar refractivity (Wildman–Crippen MR) is 130 cm³/mol. The fraction of sp³-hybridized carbons (Fsp3) is 0.440. The minimum Gasteiger partial charge on any atom is -0.497 e. The minimum absolute atomic E-state index is 0.0175. The number of β-amino-alcohol motifs (C(OH)–C–C–N with tert-alkyl or cyclic N) is 1. The SMILES string of the molecule is COc1ccc(NC(=O)CC(O)CN2CCN(CC(=O)Nc3c(C)cccc3C)CC2)cc1. The quantitative estimate of drug-likeness (QED) is 0.538. The van der Waals surface area contributed by atoms with Crippen LogP contribution in [0.25, 0.3) is 0 Å². The molecule has 1 fully saturated rings. The van der Waals surface area contributed by atoms with Crippen molar-refractivity contribution < 1.29 is 19.4 Å². The van der Waals surface area contributed by atoms with E-state index >= 15 is 0 Å². The molecule has 2 amide bonds. The third kappa shape index (κ3) is 7.56. The van der Waals surface area contributed by atoms with Gasteiger partial charge in [0.05, 0.1) is 26.2 Å². The number of aryl methyl sites for hydroxylation is 2. The van der Waals surface area contributed by atoms with Crippen molar-refractivity contribution in [3.8, 4) is 5.75 Å². The summed E-state index contributed by atoms with van der Waals surface area (Å²) in [6, 6.07) is 13.0. The number of ether oxygens (including phenoxy) is 1. The van der Waals surface area contributed by atoms with Crippen LogP contribution in [0.2, 0.25) is 0 Å². The van der Waals surface area contributed by atoms with Crippen LogP contribution in [0.15, 0.2) is 42.5 Å². The van der Waals surface area contributed by atoms with Gasteiger partial charge >= 0.3 is 0 Å². The average Bonchev–Trinajstić information content (AvgIpc) is 2.78. The number of nitrogens with one attached hydrogen (secondary N) is 2. The Morgan fingerprint density at radius 3 is 2.15 bits per heavy atom. The van der Waals surface area contributed by atoms with Crippen molar-refractivity contribution >= 4 is 23.2 Å². The molecule has 1 unspecified atom stereocenters. The summed E-state index contributed by atoms with van der Waals surface area (Å²) in [6.07, 6.45) is -0.716. The summed E-state index contributed by atoms with van der Waals surface area (Å²) in [5.74, 6) is 0.473. The molecule has 1 saturated heterocycles. The predicted octanol–water partition coefficient (Wildman–Crippen LogP) is 2.26. The number of rotatable bonds is 9. The van der Waals surface area contributed by atoms with Crippen LogP contribution in [0.5, 0.6) is 5.75 Å². The molecule has 8 nitrogen and oxygen atoms in total. The summed E-state index contributed by atoms with van der Waals surface area (Å²) in [6.45, 7) is 7.72. The van der Waals surface area contributed by atoms with Gasteiger partial charge in [0.1, 0.15) is 5.75 Å². The topological polar surface area (TPSA) is 94.1 Å². The van der Waals surface area contributed by atoms with E-state index in [2.05, 4.69) is 20.4 Å². The maximum Gasteiger partial charge on any atom is 0.238 e.